The van der Waals surface area contributed by atoms with Gasteiger partial charge in [0.05, 0.1) is 0 Å². The van der Waals surface area contributed by atoms with E-state index in [-0.39, 0.29) is 17.0 Å². The summed E-state index contributed by atoms with van der Waals surface area (Å²) in [7, 11) is 0. The van der Waals surface area contributed by atoms with E-state index in [0.717, 1.165) is 12.8 Å². The molecule has 4 heterocycles. The van der Waals surface area contributed by atoms with E-state index >= 15 is 0 Å². The largest absolute Gasteiger partial charge is 0.368 e. The standard InChI is InChI=1S/C20H15Cl2N5O3/c21-12-6-7-27-15(10-12)24-17(22)16(27)18-25-20(30-26-18)11-3-1-4-13(9-11)23-19(28)14-5-2-8-29-14/h1,3-4,6-7,9-10,14H,2,5,8H2,(H,23,28). The summed E-state index contributed by atoms with van der Waals surface area (Å²) in [4.78, 5) is 21.0. The van der Waals surface area contributed by atoms with E-state index < -0.39 is 6.10 Å². The molecule has 1 saturated heterocycles. The molecular formula is C20H15Cl2N5O3. The Hall–Kier alpha value is -2.94. The predicted octanol–water partition coefficient (Wildman–Crippen LogP) is 4.48. The van der Waals surface area contributed by atoms with Gasteiger partial charge in [-0.15, -0.1) is 0 Å². The molecule has 1 fully saturated rings. The maximum atomic E-state index is 12.3. The van der Waals surface area contributed by atoms with Gasteiger partial charge in [-0.25, -0.2) is 4.98 Å². The Bertz CT molecular complexity index is 1250. The minimum Gasteiger partial charge on any atom is -0.368 e. The van der Waals surface area contributed by atoms with E-state index in [1.165, 1.54) is 0 Å². The number of benzene rings is 1. The lowest BCUT2D eigenvalue weighted by molar-refractivity contribution is -0.124. The molecule has 0 spiro atoms. The first-order chi connectivity index (χ1) is 14.6. The molecule has 1 unspecified atom stereocenters. The minimum atomic E-state index is -0.408. The number of amides is 1. The van der Waals surface area contributed by atoms with Crippen LogP contribution in [0.15, 0.2) is 47.1 Å². The number of imidazole rings is 1. The van der Waals surface area contributed by atoms with Gasteiger partial charge in [-0.3, -0.25) is 9.20 Å². The molecular weight excluding hydrogens is 429 g/mol. The summed E-state index contributed by atoms with van der Waals surface area (Å²) in [6.45, 7) is 0.612. The maximum absolute atomic E-state index is 12.3. The number of pyridine rings is 1. The van der Waals surface area contributed by atoms with Crippen molar-refractivity contribution in [2.24, 2.45) is 0 Å². The van der Waals surface area contributed by atoms with Gasteiger partial charge < -0.3 is 14.6 Å². The van der Waals surface area contributed by atoms with Crippen LogP contribution in [0.25, 0.3) is 28.6 Å². The van der Waals surface area contributed by atoms with Crippen molar-refractivity contribution in [3.8, 4) is 23.0 Å². The van der Waals surface area contributed by atoms with E-state index in [2.05, 4.69) is 20.4 Å². The number of fused-ring (bicyclic) bond motifs is 1. The Morgan fingerprint density at radius 3 is 2.93 bits per heavy atom. The van der Waals surface area contributed by atoms with Crippen LogP contribution < -0.4 is 5.32 Å². The van der Waals surface area contributed by atoms with Gasteiger partial charge in [-0.1, -0.05) is 34.4 Å². The third-order valence-electron chi connectivity index (χ3n) is 4.78. The number of nitrogens with one attached hydrogen (secondary N) is 1. The van der Waals surface area contributed by atoms with E-state index in [1.54, 1.807) is 40.9 Å². The maximum Gasteiger partial charge on any atom is 0.258 e. The number of carbonyl (C=O) groups excluding carboxylic acids is 1. The van der Waals surface area contributed by atoms with Crippen molar-refractivity contribution in [3.63, 3.8) is 0 Å². The summed E-state index contributed by atoms with van der Waals surface area (Å²) in [5, 5.41) is 7.70. The molecule has 1 aromatic carbocycles. The summed E-state index contributed by atoms with van der Waals surface area (Å²) in [6, 6.07) is 10.6. The quantitative estimate of drug-likeness (QED) is 0.499. The van der Waals surface area contributed by atoms with E-state index in [9.17, 15) is 4.79 Å². The van der Waals surface area contributed by atoms with Crippen molar-refractivity contribution in [3.05, 3.63) is 52.8 Å². The number of nitrogens with zero attached hydrogens (tertiary/aromatic N) is 4. The average molecular weight is 444 g/mol. The number of carbonyl (C=O) groups is 1. The highest BCUT2D eigenvalue weighted by atomic mass is 35.5. The highest BCUT2D eigenvalue weighted by Gasteiger charge is 2.24. The average Bonchev–Trinajstić information content (AvgIpc) is 3.47. The Kier molecular flexibility index (Phi) is 4.90. The summed E-state index contributed by atoms with van der Waals surface area (Å²) in [5.74, 6) is 0.420. The first kappa shape index (κ1) is 19.0. The van der Waals surface area contributed by atoms with Gasteiger partial charge >= 0.3 is 0 Å². The lowest BCUT2D eigenvalue weighted by atomic mass is 10.2. The zero-order valence-electron chi connectivity index (χ0n) is 15.5. The molecule has 30 heavy (non-hydrogen) atoms. The van der Waals surface area contributed by atoms with Crippen molar-refractivity contribution < 1.29 is 14.1 Å². The van der Waals surface area contributed by atoms with Gasteiger partial charge in [0.2, 0.25) is 5.82 Å². The summed E-state index contributed by atoms with van der Waals surface area (Å²) < 4.78 is 12.6. The lowest BCUT2D eigenvalue weighted by Gasteiger charge is -2.10. The van der Waals surface area contributed by atoms with Gasteiger partial charge in [0, 0.05) is 35.1 Å². The van der Waals surface area contributed by atoms with E-state index in [4.69, 9.17) is 32.5 Å². The summed E-state index contributed by atoms with van der Waals surface area (Å²) in [5.41, 5.74) is 2.36. The van der Waals surface area contributed by atoms with Crippen LogP contribution in [0, 0.1) is 0 Å². The van der Waals surface area contributed by atoms with Gasteiger partial charge in [0.25, 0.3) is 11.8 Å². The Morgan fingerprint density at radius 1 is 1.20 bits per heavy atom. The van der Waals surface area contributed by atoms with Gasteiger partial charge in [-0.2, -0.15) is 4.98 Å². The first-order valence-corrected chi connectivity index (χ1v) is 10.0. The second-order valence-corrected chi connectivity index (χ2v) is 7.61. The third-order valence-corrected chi connectivity index (χ3v) is 5.28. The van der Waals surface area contributed by atoms with Crippen LogP contribution >= 0.6 is 23.2 Å². The monoisotopic (exact) mass is 443 g/mol. The summed E-state index contributed by atoms with van der Waals surface area (Å²) in [6.07, 6.45) is 2.95. The number of anilines is 1. The number of hydrogen-bond acceptors (Lipinski definition) is 6. The number of ether oxygens (including phenoxy) is 1. The smallest absolute Gasteiger partial charge is 0.258 e. The van der Waals surface area contributed by atoms with Crippen LogP contribution in [0.5, 0.6) is 0 Å². The van der Waals surface area contributed by atoms with Crippen LogP contribution in [-0.4, -0.2) is 38.1 Å². The molecule has 1 amide bonds. The van der Waals surface area contributed by atoms with Gasteiger partial charge in [-0.05, 0) is 37.1 Å². The Balaban J connectivity index is 1.43. The van der Waals surface area contributed by atoms with Crippen molar-refractivity contribution in [1.82, 2.24) is 19.5 Å². The fourth-order valence-corrected chi connectivity index (χ4v) is 3.78. The highest BCUT2D eigenvalue weighted by molar-refractivity contribution is 6.32. The third kappa shape index (κ3) is 3.54. The summed E-state index contributed by atoms with van der Waals surface area (Å²) >= 11 is 12.3. The molecule has 5 rings (SSSR count). The predicted molar refractivity (Wildman–Crippen MR) is 112 cm³/mol. The molecule has 1 aliphatic rings. The molecule has 0 bridgehead atoms. The molecule has 8 nitrogen and oxygen atoms in total. The second-order valence-electron chi connectivity index (χ2n) is 6.82. The number of aromatic nitrogens is 4. The molecule has 1 atom stereocenters. The van der Waals surface area contributed by atoms with Crippen LogP contribution in [0.3, 0.4) is 0 Å². The molecule has 1 N–H and O–H groups in total. The fourth-order valence-electron chi connectivity index (χ4n) is 3.37. The van der Waals surface area contributed by atoms with Gasteiger partial charge in [0.15, 0.2) is 5.15 Å². The molecule has 152 valence electrons. The van der Waals surface area contributed by atoms with E-state index in [0.29, 0.717) is 40.0 Å². The Morgan fingerprint density at radius 2 is 2.10 bits per heavy atom. The van der Waals surface area contributed by atoms with Crippen molar-refractivity contribution in [2.45, 2.75) is 18.9 Å². The first-order valence-electron chi connectivity index (χ1n) is 9.28. The SMILES string of the molecule is O=C(Nc1cccc(-c2nc(-c3c(Cl)nc4cc(Cl)ccn34)no2)c1)C1CCCO1. The van der Waals surface area contributed by atoms with Crippen molar-refractivity contribution >= 4 is 40.4 Å². The van der Waals surface area contributed by atoms with E-state index in [1.807, 2.05) is 6.07 Å². The van der Waals surface area contributed by atoms with Crippen molar-refractivity contribution in [1.29, 1.82) is 0 Å². The molecule has 10 heteroatoms. The molecule has 4 aromatic rings. The minimum absolute atomic E-state index is 0.160. The normalized spacial score (nSPS) is 16.3. The Labute approximate surface area is 180 Å². The fraction of sp³-hybridized carbons (Fsp3) is 0.200. The van der Waals surface area contributed by atoms with Crippen LogP contribution in [-0.2, 0) is 9.53 Å². The topological polar surface area (TPSA) is 94.6 Å². The number of rotatable bonds is 4. The van der Waals surface area contributed by atoms with Crippen LogP contribution in [0.2, 0.25) is 10.2 Å². The molecule has 1 aliphatic heterocycles. The zero-order valence-corrected chi connectivity index (χ0v) is 17.0. The second kappa shape index (κ2) is 7.71. The lowest BCUT2D eigenvalue weighted by Crippen LogP contribution is -2.26. The molecule has 0 aliphatic carbocycles. The number of hydrogen-bond donors (Lipinski definition) is 1. The highest BCUT2D eigenvalue weighted by Crippen LogP contribution is 2.30. The zero-order chi connectivity index (χ0) is 20.7. The van der Waals surface area contributed by atoms with Crippen LogP contribution in [0.1, 0.15) is 12.8 Å². The molecule has 0 radical (unpaired) electrons. The molecule has 0 saturated carbocycles. The number of halogens is 2. The van der Waals surface area contributed by atoms with Crippen molar-refractivity contribution in [2.75, 3.05) is 11.9 Å². The van der Waals surface area contributed by atoms with Crippen LogP contribution in [0.4, 0.5) is 5.69 Å². The molecule has 3 aromatic heterocycles. The van der Waals surface area contributed by atoms with Gasteiger partial charge in [0.1, 0.15) is 17.4 Å².